The van der Waals surface area contributed by atoms with Gasteiger partial charge in [0.25, 0.3) is 5.91 Å². The van der Waals surface area contributed by atoms with Gasteiger partial charge in [-0.25, -0.2) is 0 Å². The van der Waals surface area contributed by atoms with Crippen molar-refractivity contribution in [2.24, 2.45) is 35.5 Å². The van der Waals surface area contributed by atoms with Gasteiger partial charge in [0, 0.05) is 11.3 Å². The first kappa shape index (κ1) is 20.6. The van der Waals surface area contributed by atoms with E-state index < -0.39 is 0 Å². The Bertz CT molecular complexity index is 764. The summed E-state index contributed by atoms with van der Waals surface area (Å²) in [7, 11) is 0. The van der Waals surface area contributed by atoms with Gasteiger partial charge in [-0.15, -0.1) is 0 Å². The summed E-state index contributed by atoms with van der Waals surface area (Å²) in [6.45, 7) is 8.44. The minimum atomic E-state index is -0.232. The first-order valence-corrected chi connectivity index (χ1v) is 10.5. The molecule has 2 aliphatic rings. The molecule has 0 aliphatic heterocycles. The number of carbonyl (C=O) groups excluding carboxylic acids is 1. The largest absolute Gasteiger partial charge is 0.393 e. The number of aliphatic hydroxyl groups excluding tert-OH is 1. The molecule has 1 aromatic carbocycles. The number of carbonyl (C=O) groups is 1. The van der Waals surface area contributed by atoms with Gasteiger partial charge < -0.3 is 10.4 Å². The minimum absolute atomic E-state index is 0.0828. The molecule has 3 heteroatoms. The number of hydrogen-bond donors (Lipinski definition) is 2. The molecule has 0 aromatic heterocycles. The van der Waals surface area contributed by atoms with Crippen LogP contribution in [0.2, 0.25) is 0 Å². The molecule has 3 nitrogen and oxygen atoms in total. The smallest absolute Gasteiger partial charge is 0.251 e. The molecule has 1 aromatic rings. The number of allylic oxidation sites excluding steroid dienone is 5. The van der Waals surface area contributed by atoms with E-state index in [1.807, 2.05) is 49.4 Å². The monoisotopic (exact) mass is 379 g/mol. The highest BCUT2D eigenvalue weighted by molar-refractivity contribution is 6.03. The highest BCUT2D eigenvalue weighted by Crippen LogP contribution is 2.48. The van der Waals surface area contributed by atoms with Gasteiger partial charge >= 0.3 is 0 Å². The van der Waals surface area contributed by atoms with Crippen molar-refractivity contribution in [2.75, 3.05) is 5.32 Å². The lowest BCUT2D eigenvalue weighted by molar-refractivity contribution is -0.112. The SMILES string of the molecule is CC(=CC=C[C@@H]1[C@H]2[C@H](C)[C@@H](O)[C@H](C)C[C@@H]2C=C[C@@H]1C)C(=O)Nc1ccccc1. The van der Waals surface area contributed by atoms with Crippen LogP contribution in [0.3, 0.4) is 0 Å². The van der Waals surface area contributed by atoms with E-state index >= 15 is 0 Å². The summed E-state index contributed by atoms with van der Waals surface area (Å²) in [5.41, 5.74) is 1.48. The van der Waals surface area contributed by atoms with Crippen molar-refractivity contribution in [1.29, 1.82) is 0 Å². The van der Waals surface area contributed by atoms with Crippen LogP contribution in [0.5, 0.6) is 0 Å². The molecule has 150 valence electrons. The third kappa shape index (κ3) is 4.47. The molecule has 0 unspecified atom stereocenters. The molecular weight excluding hydrogens is 346 g/mol. The van der Waals surface area contributed by atoms with Crippen LogP contribution in [-0.4, -0.2) is 17.1 Å². The molecule has 1 saturated carbocycles. The topological polar surface area (TPSA) is 49.3 Å². The van der Waals surface area contributed by atoms with Crippen LogP contribution in [0.4, 0.5) is 5.69 Å². The maximum absolute atomic E-state index is 12.4. The van der Waals surface area contributed by atoms with Crippen molar-refractivity contribution >= 4 is 11.6 Å². The number of benzene rings is 1. The molecule has 1 amide bonds. The Kier molecular flexibility index (Phi) is 6.56. The predicted molar refractivity (Wildman–Crippen MR) is 116 cm³/mol. The fourth-order valence-electron chi connectivity index (χ4n) is 4.96. The molecule has 0 saturated heterocycles. The quantitative estimate of drug-likeness (QED) is 0.428. The Morgan fingerprint density at radius 3 is 2.57 bits per heavy atom. The maximum Gasteiger partial charge on any atom is 0.251 e. The van der Waals surface area contributed by atoms with E-state index in [4.69, 9.17) is 0 Å². The molecule has 0 radical (unpaired) electrons. The Labute approximate surface area is 169 Å². The van der Waals surface area contributed by atoms with Crippen molar-refractivity contribution in [2.45, 2.75) is 40.2 Å². The van der Waals surface area contributed by atoms with Gasteiger partial charge in [-0.1, -0.05) is 69.4 Å². The highest BCUT2D eigenvalue weighted by Gasteiger charge is 2.44. The van der Waals surface area contributed by atoms with Crippen LogP contribution < -0.4 is 5.32 Å². The molecule has 28 heavy (non-hydrogen) atoms. The predicted octanol–water partition coefficient (Wildman–Crippen LogP) is 5.22. The van der Waals surface area contributed by atoms with E-state index in [0.717, 1.165) is 12.1 Å². The summed E-state index contributed by atoms with van der Waals surface area (Å²) in [5, 5.41) is 13.5. The standard InChI is InChI=1S/C25H33NO2/c1-16-13-14-20-15-18(3)24(27)19(4)23(20)22(16)12-8-9-17(2)25(28)26-21-10-6-5-7-11-21/h5-14,16,18-20,22-24,27H,15H2,1-4H3,(H,26,28)/t16-,18+,19-,20-,22-,23-,24-/m0/s1. The molecule has 2 aliphatic carbocycles. The molecule has 0 spiro atoms. The second kappa shape index (κ2) is 8.91. The lowest BCUT2D eigenvalue weighted by Crippen LogP contribution is -2.46. The second-order valence-corrected chi connectivity index (χ2v) is 8.68. The Morgan fingerprint density at radius 2 is 1.86 bits per heavy atom. The second-order valence-electron chi connectivity index (χ2n) is 8.68. The maximum atomic E-state index is 12.4. The van der Waals surface area contributed by atoms with Crippen LogP contribution in [0, 0.1) is 35.5 Å². The summed E-state index contributed by atoms with van der Waals surface area (Å²) in [5.74, 6) is 2.35. The van der Waals surface area contributed by atoms with Gasteiger partial charge in [-0.2, -0.15) is 0 Å². The lowest BCUT2D eigenvalue weighted by Gasteiger charge is -2.48. The number of hydrogen-bond acceptors (Lipinski definition) is 2. The zero-order valence-electron chi connectivity index (χ0n) is 17.4. The van der Waals surface area contributed by atoms with Gasteiger partial charge in [0.2, 0.25) is 0 Å². The summed E-state index contributed by atoms with van der Waals surface area (Å²) < 4.78 is 0. The van der Waals surface area contributed by atoms with E-state index in [1.165, 1.54) is 0 Å². The minimum Gasteiger partial charge on any atom is -0.393 e. The van der Waals surface area contributed by atoms with E-state index in [2.05, 4.69) is 44.3 Å². The van der Waals surface area contributed by atoms with E-state index in [1.54, 1.807) is 0 Å². The van der Waals surface area contributed by atoms with Crippen LogP contribution in [0.25, 0.3) is 0 Å². The van der Waals surface area contributed by atoms with Crippen LogP contribution in [0.1, 0.15) is 34.1 Å². The van der Waals surface area contributed by atoms with E-state index in [0.29, 0.717) is 35.2 Å². The number of nitrogens with one attached hydrogen (secondary N) is 1. The third-order valence-corrected chi connectivity index (χ3v) is 6.65. The summed E-state index contributed by atoms with van der Waals surface area (Å²) >= 11 is 0. The third-order valence-electron chi connectivity index (χ3n) is 6.65. The molecular formula is C25H33NO2. The molecule has 1 fully saturated rings. The van der Waals surface area contributed by atoms with Gasteiger partial charge in [0.05, 0.1) is 6.10 Å². The zero-order chi connectivity index (χ0) is 20.3. The average molecular weight is 380 g/mol. The van der Waals surface area contributed by atoms with Crippen molar-refractivity contribution in [3.63, 3.8) is 0 Å². The summed E-state index contributed by atoms with van der Waals surface area (Å²) in [6, 6.07) is 9.51. The number of rotatable bonds is 4. The molecule has 3 rings (SSSR count). The number of fused-ring (bicyclic) bond motifs is 1. The zero-order valence-corrected chi connectivity index (χ0v) is 17.4. The van der Waals surface area contributed by atoms with Gasteiger partial charge in [0.15, 0.2) is 0 Å². The Hall–Kier alpha value is -2.13. The first-order valence-electron chi connectivity index (χ1n) is 10.5. The molecule has 7 atom stereocenters. The van der Waals surface area contributed by atoms with Crippen molar-refractivity contribution < 1.29 is 9.90 Å². The van der Waals surface area contributed by atoms with Crippen LogP contribution in [0.15, 0.2) is 66.3 Å². The number of anilines is 1. The number of amides is 1. The molecule has 2 N–H and O–H groups in total. The Morgan fingerprint density at radius 1 is 1.14 bits per heavy atom. The van der Waals surface area contributed by atoms with Crippen molar-refractivity contribution in [1.82, 2.24) is 0 Å². The Balaban J connectivity index is 1.70. The van der Waals surface area contributed by atoms with E-state index in [-0.39, 0.29) is 17.9 Å². The van der Waals surface area contributed by atoms with Gasteiger partial charge in [-0.3, -0.25) is 4.79 Å². The first-order chi connectivity index (χ1) is 13.4. The normalized spacial score (nSPS) is 35.6. The molecule has 0 heterocycles. The average Bonchev–Trinajstić information content (AvgIpc) is 2.68. The fraction of sp³-hybridized carbons (Fsp3) is 0.480. The van der Waals surface area contributed by atoms with Crippen molar-refractivity contribution in [3.8, 4) is 0 Å². The van der Waals surface area contributed by atoms with Crippen LogP contribution in [-0.2, 0) is 4.79 Å². The fourth-order valence-corrected chi connectivity index (χ4v) is 4.96. The summed E-state index contributed by atoms with van der Waals surface area (Å²) in [4.78, 5) is 12.4. The number of para-hydroxylation sites is 1. The van der Waals surface area contributed by atoms with Crippen molar-refractivity contribution in [3.05, 3.63) is 66.3 Å². The highest BCUT2D eigenvalue weighted by atomic mass is 16.3. The molecule has 0 bridgehead atoms. The van der Waals surface area contributed by atoms with Crippen LogP contribution >= 0.6 is 0 Å². The van der Waals surface area contributed by atoms with E-state index in [9.17, 15) is 9.90 Å². The number of aliphatic hydroxyl groups is 1. The van der Waals surface area contributed by atoms with Gasteiger partial charge in [-0.05, 0) is 61.0 Å². The van der Waals surface area contributed by atoms with Gasteiger partial charge in [0.1, 0.15) is 0 Å². The lowest BCUT2D eigenvalue weighted by atomic mass is 9.58. The summed E-state index contributed by atoms with van der Waals surface area (Å²) in [6.07, 6.45) is 11.7.